The van der Waals surface area contributed by atoms with Gasteiger partial charge in [-0.25, -0.2) is 0 Å². The Kier molecular flexibility index (Phi) is 4.50. The van der Waals surface area contributed by atoms with Crippen molar-refractivity contribution < 1.29 is 14.4 Å². The summed E-state index contributed by atoms with van der Waals surface area (Å²) in [6, 6.07) is 15.3. The van der Waals surface area contributed by atoms with Crippen molar-refractivity contribution in [3.63, 3.8) is 0 Å². The zero-order valence-corrected chi connectivity index (χ0v) is 17.9. The lowest BCUT2D eigenvalue weighted by molar-refractivity contribution is -0.134. The Hall–Kier alpha value is -3.35. The second-order valence-corrected chi connectivity index (χ2v) is 8.72. The number of carbonyl (C=O) groups is 3. The summed E-state index contributed by atoms with van der Waals surface area (Å²) >= 11 is 0. The number of rotatable bonds is 2. The van der Waals surface area contributed by atoms with Gasteiger partial charge >= 0.3 is 0 Å². The first-order valence-corrected chi connectivity index (χ1v) is 10.7. The van der Waals surface area contributed by atoms with E-state index in [1.807, 2.05) is 49.2 Å². The fourth-order valence-corrected chi connectivity index (χ4v) is 5.08. The summed E-state index contributed by atoms with van der Waals surface area (Å²) < 4.78 is 0. The number of amides is 3. The van der Waals surface area contributed by atoms with E-state index in [0.29, 0.717) is 37.2 Å². The van der Waals surface area contributed by atoms with E-state index in [0.717, 1.165) is 17.8 Å². The number of nitrogens with zero attached hydrogens (tertiary/aromatic N) is 4. The molecule has 5 rings (SSSR count). The molecule has 7 heteroatoms. The summed E-state index contributed by atoms with van der Waals surface area (Å²) in [6.45, 7) is 3.67. The Bertz CT molecular complexity index is 1080. The molecule has 3 amide bonds. The van der Waals surface area contributed by atoms with Gasteiger partial charge in [-0.1, -0.05) is 30.3 Å². The van der Waals surface area contributed by atoms with Crippen LogP contribution >= 0.6 is 0 Å². The van der Waals surface area contributed by atoms with Crippen LogP contribution in [0.4, 0.5) is 11.4 Å². The Morgan fingerprint density at radius 3 is 2.52 bits per heavy atom. The van der Waals surface area contributed by atoms with Gasteiger partial charge in [-0.15, -0.1) is 0 Å². The van der Waals surface area contributed by atoms with Gasteiger partial charge in [-0.3, -0.25) is 19.3 Å². The Morgan fingerprint density at radius 2 is 1.71 bits per heavy atom. The molecule has 1 atom stereocenters. The van der Waals surface area contributed by atoms with Crippen LogP contribution in [0.2, 0.25) is 0 Å². The molecule has 0 radical (unpaired) electrons. The molecule has 2 aromatic rings. The highest BCUT2D eigenvalue weighted by Crippen LogP contribution is 2.44. The maximum absolute atomic E-state index is 13.4. The lowest BCUT2D eigenvalue weighted by Gasteiger charge is -2.48. The van der Waals surface area contributed by atoms with Crippen molar-refractivity contribution >= 4 is 29.1 Å². The van der Waals surface area contributed by atoms with Gasteiger partial charge in [0.1, 0.15) is 12.2 Å². The highest BCUT2D eigenvalue weighted by Gasteiger charge is 2.53. The van der Waals surface area contributed by atoms with Crippen molar-refractivity contribution in [1.82, 2.24) is 9.80 Å². The fraction of sp³-hybridized carbons (Fsp3) is 0.375. The van der Waals surface area contributed by atoms with E-state index in [1.165, 1.54) is 0 Å². The average Bonchev–Trinajstić information content (AvgIpc) is 2.98. The SMILES string of the molecule is CN1CCN(C(=O)CN2C(=O)c3ccccc3N3C(=O)CCC23C)Cc2ccccc21. The molecule has 1 fully saturated rings. The van der Waals surface area contributed by atoms with Gasteiger partial charge in [0.25, 0.3) is 5.91 Å². The molecule has 1 saturated heterocycles. The van der Waals surface area contributed by atoms with Gasteiger partial charge in [-0.2, -0.15) is 0 Å². The number of hydrogen-bond acceptors (Lipinski definition) is 4. The third-order valence-corrected chi connectivity index (χ3v) is 6.86. The molecule has 0 aromatic heterocycles. The first-order valence-electron chi connectivity index (χ1n) is 10.7. The van der Waals surface area contributed by atoms with Crippen LogP contribution < -0.4 is 9.80 Å². The monoisotopic (exact) mass is 418 g/mol. The molecule has 0 saturated carbocycles. The molecule has 3 heterocycles. The predicted molar refractivity (Wildman–Crippen MR) is 118 cm³/mol. The van der Waals surface area contributed by atoms with Crippen LogP contribution in [0.5, 0.6) is 0 Å². The van der Waals surface area contributed by atoms with Crippen LogP contribution in [-0.4, -0.2) is 59.9 Å². The van der Waals surface area contributed by atoms with E-state index in [4.69, 9.17) is 0 Å². The van der Waals surface area contributed by atoms with Gasteiger partial charge in [0.2, 0.25) is 11.8 Å². The second-order valence-electron chi connectivity index (χ2n) is 8.72. The molecule has 7 nitrogen and oxygen atoms in total. The second kappa shape index (κ2) is 7.11. The van der Waals surface area contributed by atoms with Crippen LogP contribution in [0.1, 0.15) is 35.7 Å². The summed E-state index contributed by atoms with van der Waals surface area (Å²) in [6.07, 6.45) is 0.884. The molecular weight excluding hydrogens is 392 g/mol. The van der Waals surface area contributed by atoms with Crippen LogP contribution in [0.25, 0.3) is 0 Å². The number of anilines is 2. The summed E-state index contributed by atoms with van der Waals surface area (Å²) in [4.78, 5) is 46.8. The van der Waals surface area contributed by atoms with E-state index in [9.17, 15) is 14.4 Å². The van der Waals surface area contributed by atoms with Crippen molar-refractivity contribution in [2.45, 2.75) is 32.0 Å². The van der Waals surface area contributed by atoms with Crippen molar-refractivity contribution in [2.24, 2.45) is 0 Å². The topological polar surface area (TPSA) is 64.2 Å². The van der Waals surface area contributed by atoms with Gasteiger partial charge in [0, 0.05) is 38.8 Å². The summed E-state index contributed by atoms with van der Waals surface area (Å²) in [5.74, 6) is -0.298. The van der Waals surface area contributed by atoms with Crippen LogP contribution in [0.3, 0.4) is 0 Å². The summed E-state index contributed by atoms with van der Waals surface area (Å²) in [7, 11) is 2.03. The molecule has 0 aliphatic carbocycles. The largest absolute Gasteiger partial charge is 0.373 e. The van der Waals surface area contributed by atoms with Crippen molar-refractivity contribution in [1.29, 1.82) is 0 Å². The van der Waals surface area contributed by atoms with E-state index in [2.05, 4.69) is 11.0 Å². The smallest absolute Gasteiger partial charge is 0.258 e. The standard InChI is InChI=1S/C24H26N4O3/c1-24-12-11-21(29)28(24)20-10-6-4-8-18(20)23(31)27(24)16-22(30)26-14-13-25(2)19-9-5-3-7-17(19)15-26/h3-10H,11-16H2,1-2H3. The molecule has 0 bridgehead atoms. The molecule has 3 aliphatic heterocycles. The molecular formula is C24H26N4O3. The molecule has 2 aromatic carbocycles. The lowest BCUT2D eigenvalue weighted by atomic mass is 9.98. The number of likely N-dealkylation sites (N-methyl/N-ethyl adjacent to an activating group) is 1. The molecule has 3 aliphatic rings. The molecule has 160 valence electrons. The molecule has 0 N–H and O–H groups in total. The van der Waals surface area contributed by atoms with Gasteiger partial charge in [0.15, 0.2) is 0 Å². The number of para-hydroxylation sites is 2. The highest BCUT2D eigenvalue weighted by molar-refractivity contribution is 6.11. The number of carbonyl (C=O) groups excluding carboxylic acids is 3. The van der Waals surface area contributed by atoms with Gasteiger partial charge < -0.3 is 14.7 Å². The minimum absolute atomic E-state index is 0.00905. The maximum Gasteiger partial charge on any atom is 0.258 e. The minimum Gasteiger partial charge on any atom is -0.373 e. The predicted octanol–water partition coefficient (Wildman–Crippen LogP) is 2.46. The zero-order chi connectivity index (χ0) is 21.8. The average molecular weight is 418 g/mol. The van der Waals surface area contributed by atoms with E-state index >= 15 is 0 Å². The highest BCUT2D eigenvalue weighted by atomic mass is 16.2. The Labute approximate surface area is 181 Å². The van der Waals surface area contributed by atoms with Crippen molar-refractivity contribution in [2.75, 3.05) is 36.5 Å². The Balaban J connectivity index is 1.45. The molecule has 1 unspecified atom stereocenters. The maximum atomic E-state index is 13.4. The van der Waals surface area contributed by atoms with Crippen LogP contribution in [0, 0.1) is 0 Å². The van der Waals surface area contributed by atoms with E-state index in [-0.39, 0.29) is 24.3 Å². The van der Waals surface area contributed by atoms with Gasteiger partial charge in [0.05, 0.1) is 11.3 Å². The first kappa shape index (κ1) is 19.6. The fourth-order valence-electron chi connectivity index (χ4n) is 5.08. The molecule has 31 heavy (non-hydrogen) atoms. The van der Waals surface area contributed by atoms with Gasteiger partial charge in [-0.05, 0) is 37.1 Å². The quantitative estimate of drug-likeness (QED) is 0.752. The third-order valence-electron chi connectivity index (χ3n) is 6.86. The Morgan fingerprint density at radius 1 is 1.00 bits per heavy atom. The van der Waals surface area contributed by atoms with E-state index in [1.54, 1.807) is 21.9 Å². The first-order chi connectivity index (χ1) is 14.9. The number of hydrogen-bond donors (Lipinski definition) is 0. The van der Waals surface area contributed by atoms with Crippen molar-refractivity contribution in [3.8, 4) is 0 Å². The molecule has 0 spiro atoms. The zero-order valence-electron chi connectivity index (χ0n) is 17.9. The number of fused-ring (bicyclic) bond motifs is 4. The third kappa shape index (κ3) is 2.99. The normalized spacial score (nSPS) is 22.8. The van der Waals surface area contributed by atoms with Crippen LogP contribution in [0.15, 0.2) is 48.5 Å². The van der Waals surface area contributed by atoms with E-state index < -0.39 is 5.66 Å². The van der Waals surface area contributed by atoms with Crippen LogP contribution in [-0.2, 0) is 16.1 Å². The number of benzene rings is 2. The summed E-state index contributed by atoms with van der Waals surface area (Å²) in [5, 5.41) is 0. The minimum atomic E-state index is -0.821. The lowest BCUT2D eigenvalue weighted by Crippen LogP contribution is -2.64. The summed E-state index contributed by atoms with van der Waals surface area (Å²) in [5.41, 5.74) is 2.52. The van der Waals surface area contributed by atoms with Crippen molar-refractivity contribution in [3.05, 3.63) is 59.7 Å².